The van der Waals surface area contributed by atoms with E-state index in [2.05, 4.69) is 0 Å². The highest BCUT2D eigenvalue weighted by molar-refractivity contribution is 7.11. The van der Waals surface area contributed by atoms with Gasteiger partial charge in [-0.1, -0.05) is 12.1 Å². The molecule has 1 aliphatic heterocycles. The van der Waals surface area contributed by atoms with Crippen molar-refractivity contribution < 1.29 is 9.78 Å². The Morgan fingerprint density at radius 3 is 2.67 bits per heavy atom. The summed E-state index contributed by atoms with van der Waals surface area (Å²) >= 11 is 3.32. The molecular formula is C11H8O2S2. The second-order valence-electron chi connectivity index (χ2n) is 3.12. The van der Waals surface area contributed by atoms with E-state index in [-0.39, 0.29) is 6.10 Å². The van der Waals surface area contributed by atoms with Gasteiger partial charge < -0.3 is 4.89 Å². The van der Waals surface area contributed by atoms with Gasteiger partial charge >= 0.3 is 0 Å². The molecule has 0 N–H and O–H groups in total. The first-order chi connectivity index (χ1) is 7.43. The van der Waals surface area contributed by atoms with Crippen molar-refractivity contribution in [2.45, 2.75) is 6.10 Å². The molecule has 2 aromatic rings. The molecule has 2 aromatic heterocycles. The third-order valence-electron chi connectivity index (χ3n) is 2.13. The topological polar surface area (TPSA) is 18.5 Å². The van der Waals surface area contributed by atoms with Crippen molar-refractivity contribution in [2.24, 2.45) is 0 Å². The highest BCUT2D eigenvalue weighted by Gasteiger charge is 2.22. The van der Waals surface area contributed by atoms with Crippen LogP contribution in [0.15, 0.2) is 41.1 Å². The van der Waals surface area contributed by atoms with Gasteiger partial charge in [0, 0.05) is 11.0 Å². The van der Waals surface area contributed by atoms with Crippen LogP contribution in [0.2, 0.25) is 0 Å². The first-order valence-corrected chi connectivity index (χ1v) is 6.32. The minimum atomic E-state index is -0.0536. The summed E-state index contributed by atoms with van der Waals surface area (Å²) in [4.78, 5) is 12.7. The van der Waals surface area contributed by atoms with Crippen LogP contribution in [0.25, 0.3) is 5.76 Å². The Bertz CT molecular complexity index is 457. The third kappa shape index (κ3) is 1.71. The molecule has 2 nitrogen and oxygen atoms in total. The molecular weight excluding hydrogens is 228 g/mol. The Kier molecular flexibility index (Phi) is 2.32. The van der Waals surface area contributed by atoms with Crippen LogP contribution in [0.1, 0.15) is 15.9 Å². The standard InChI is InChI=1S/C11H8O2S2/c1-3-10(14-5-1)8-7-9(13-12-8)11-4-2-6-15-11/h1-8H. The van der Waals surface area contributed by atoms with E-state index in [9.17, 15) is 0 Å². The molecule has 1 unspecified atom stereocenters. The number of hydrogen-bond donors (Lipinski definition) is 0. The second kappa shape index (κ2) is 3.81. The summed E-state index contributed by atoms with van der Waals surface area (Å²) in [6.07, 6.45) is 1.96. The fourth-order valence-corrected chi connectivity index (χ4v) is 2.81. The van der Waals surface area contributed by atoms with Gasteiger partial charge in [0.05, 0.1) is 4.88 Å². The van der Waals surface area contributed by atoms with Gasteiger partial charge in [-0.15, -0.1) is 22.7 Å². The van der Waals surface area contributed by atoms with Crippen LogP contribution in [0.4, 0.5) is 0 Å². The van der Waals surface area contributed by atoms with Crippen molar-refractivity contribution in [1.82, 2.24) is 0 Å². The van der Waals surface area contributed by atoms with Crippen molar-refractivity contribution in [3.8, 4) is 0 Å². The second-order valence-corrected chi connectivity index (χ2v) is 5.05. The van der Waals surface area contributed by atoms with E-state index in [1.165, 1.54) is 4.88 Å². The lowest BCUT2D eigenvalue weighted by molar-refractivity contribution is -0.242. The number of hydrogen-bond acceptors (Lipinski definition) is 4. The van der Waals surface area contributed by atoms with Gasteiger partial charge in [-0.25, -0.2) is 0 Å². The molecule has 1 atom stereocenters. The molecule has 15 heavy (non-hydrogen) atoms. The van der Waals surface area contributed by atoms with Crippen LogP contribution < -0.4 is 0 Å². The lowest BCUT2D eigenvalue weighted by Crippen LogP contribution is -1.89. The van der Waals surface area contributed by atoms with E-state index in [1.807, 2.05) is 41.1 Å². The normalized spacial score (nSPS) is 20.0. The van der Waals surface area contributed by atoms with Crippen LogP contribution in [0, 0.1) is 0 Å². The zero-order chi connectivity index (χ0) is 10.1. The Hall–Kier alpha value is -1.10. The highest BCUT2D eigenvalue weighted by Crippen LogP contribution is 2.35. The Labute approximate surface area is 95.3 Å². The van der Waals surface area contributed by atoms with Crippen LogP contribution in [-0.2, 0) is 9.78 Å². The van der Waals surface area contributed by atoms with E-state index in [0.717, 1.165) is 10.6 Å². The van der Waals surface area contributed by atoms with Crippen molar-refractivity contribution >= 4 is 28.4 Å². The molecule has 0 amide bonds. The molecule has 3 heterocycles. The molecule has 0 fully saturated rings. The lowest BCUT2D eigenvalue weighted by atomic mass is 10.2. The van der Waals surface area contributed by atoms with Gasteiger partial charge in [0.1, 0.15) is 0 Å². The van der Waals surface area contributed by atoms with E-state index >= 15 is 0 Å². The average Bonchev–Trinajstić information content (AvgIpc) is 3.02. The molecule has 1 aliphatic rings. The summed E-state index contributed by atoms with van der Waals surface area (Å²) in [5, 5.41) is 4.06. The molecule has 0 spiro atoms. The van der Waals surface area contributed by atoms with Crippen LogP contribution in [-0.4, -0.2) is 0 Å². The maximum absolute atomic E-state index is 5.26. The summed E-state index contributed by atoms with van der Waals surface area (Å²) in [6, 6.07) is 8.09. The van der Waals surface area contributed by atoms with E-state index in [0.29, 0.717) is 0 Å². The maximum Gasteiger partial charge on any atom is 0.181 e. The molecule has 0 aliphatic carbocycles. The SMILES string of the molecule is C1=C(c2cccs2)OOC1c1cccs1. The van der Waals surface area contributed by atoms with Crippen molar-refractivity contribution in [2.75, 3.05) is 0 Å². The molecule has 0 bridgehead atoms. The molecule has 0 saturated carbocycles. The monoisotopic (exact) mass is 236 g/mol. The van der Waals surface area contributed by atoms with E-state index in [1.54, 1.807) is 22.7 Å². The van der Waals surface area contributed by atoms with E-state index in [4.69, 9.17) is 9.78 Å². The van der Waals surface area contributed by atoms with Crippen molar-refractivity contribution in [1.29, 1.82) is 0 Å². The molecule has 0 radical (unpaired) electrons. The summed E-state index contributed by atoms with van der Waals surface area (Å²) in [5.74, 6) is 0.823. The predicted molar refractivity (Wildman–Crippen MR) is 61.5 cm³/mol. The van der Waals surface area contributed by atoms with Gasteiger partial charge in [0.2, 0.25) is 0 Å². The maximum atomic E-state index is 5.26. The van der Waals surface area contributed by atoms with Crippen LogP contribution in [0.3, 0.4) is 0 Å². The van der Waals surface area contributed by atoms with E-state index < -0.39 is 0 Å². The smallest absolute Gasteiger partial charge is 0.181 e. The van der Waals surface area contributed by atoms with Crippen LogP contribution >= 0.6 is 22.7 Å². The first kappa shape index (κ1) is 9.15. The largest absolute Gasteiger partial charge is 0.335 e. The zero-order valence-corrected chi connectivity index (χ0v) is 9.38. The Balaban J connectivity index is 1.87. The Morgan fingerprint density at radius 1 is 1.07 bits per heavy atom. The van der Waals surface area contributed by atoms with Gasteiger partial charge in [0.15, 0.2) is 11.9 Å². The van der Waals surface area contributed by atoms with Gasteiger partial charge in [-0.05, 0) is 22.9 Å². The minimum Gasteiger partial charge on any atom is -0.335 e. The van der Waals surface area contributed by atoms with Gasteiger partial charge in [-0.2, -0.15) is 4.89 Å². The average molecular weight is 236 g/mol. The summed E-state index contributed by atoms with van der Waals surface area (Å²) in [6.45, 7) is 0. The third-order valence-corrected chi connectivity index (χ3v) is 3.95. The van der Waals surface area contributed by atoms with Gasteiger partial charge in [-0.3, -0.25) is 0 Å². The van der Waals surface area contributed by atoms with Crippen LogP contribution in [0.5, 0.6) is 0 Å². The lowest BCUT2D eigenvalue weighted by Gasteiger charge is -2.01. The zero-order valence-electron chi connectivity index (χ0n) is 7.75. The number of rotatable bonds is 2. The fourth-order valence-electron chi connectivity index (χ4n) is 1.42. The number of thiophene rings is 2. The minimum absolute atomic E-state index is 0.0536. The highest BCUT2D eigenvalue weighted by atomic mass is 32.1. The van der Waals surface area contributed by atoms with Gasteiger partial charge in [0.25, 0.3) is 0 Å². The van der Waals surface area contributed by atoms with Crippen molar-refractivity contribution in [3.05, 3.63) is 50.9 Å². The quantitative estimate of drug-likeness (QED) is 0.737. The molecule has 4 heteroatoms. The molecule has 0 saturated heterocycles. The summed E-state index contributed by atoms with van der Waals surface area (Å²) in [5.41, 5.74) is 0. The molecule has 0 aromatic carbocycles. The first-order valence-electron chi connectivity index (χ1n) is 4.56. The molecule has 3 rings (SSSR count). The summed E-state index contributed by atoms with van der Waals surface area (Å²) in [7, 11) is 0. The Morgan fingerprint density at radius 2 is 1.93 bits per heavy atom. The van der Waals surface area contributed by atoms with Crippen molar-refractivity contribution in [3.63, 3.8) is 0 Å². The fraction of sp³-hybridized carbons (Fsp3) is 0.0909. The summed E-state index contributed by atoms with van der Waals surface area (Å²) < 4.78 is 0. The predicted octanol–water partition coefficient (Wildman–Crippen LogP) is 3.85. The molecule has 76 valence electrons.